The zero-order chi connectivity index (χ0) is 12.4. The van der Waals surface area contributed by atoms with Crippen LogP contribution >= 0.6 is 0 Å². The van der Waals surface area contributed by atoms with Crippen molar-refractivity contribution >= 4 is 0 Å². The van der Waals surface area contributed by atoms with Crippen molar-refractivity contribution in [1.82, 2.24) is 4.90 Å². The molecule has 2 bridgehead atoms. The summed E-state index contributed by atoms with van der Waals surface area (Å²) in [5, 5.41) is 19.0. The summed E-state index contributed by atoms with van der Waals surface area (Å²) in [6, 6.07) is 0. The third-order valence-electron chi connectivity index (χ3n) is 3.95. The highest BCUT2D eigenvalue weighted by Gasteiger charge is 2.36. The van der Waals surface area contributed by atoms with Gasteiger partial charge in [0.1, 0.15) is 0 Å². The molecule has 0 amide bonds. The molecular formula is C14H25NO2. The summed E-state index contributed by atoms with van der Waals surface area (Å²) in [6.07, 6.45) is 6.70. The number of fused-ring (bicyclic) bond motifs is 2. The Morgan fingerprint density at radius 1 is 1.12 bits per heavy atom. The standard InChI is InChI=1S/C14H25NO2/c1-10(16)7-15(8-11(2)17)9-14-6-12-3-4-13(14)5-12/h3-4,10-14,16-17H,5-9H2,1-2H3/t10-,11-,12+,13-,14+/m1/s1. The lowest BCUT2D eigenvalue weighted by Crippen LogP contribution is -2.40. The van der Waals surface area contributed by atoms with E-state index in [1.54, 1.807) is 0 Å². The maximum atomic E-state index is 9.50. The van der Waals surface area contributed by atoms with E-state index in [1.165, 1.54) is 12.8 Å². The van der Waals surface area contributed by atoms with Gasteiger partial charge in [-0.05, 0) is 44.4 Å². The highest BCUT2D eigenvalue weighted by molar-refractivity contribution is 5.10. The van der Waals surface area contributed by atoms with Gasteiger partial charge in [-0.3, -0.25) is 4.90 Å². The van der Waals surface area contributed by atoms with Gasteiger partial charge in [-0.2, -0.15) is 0 Å². The Morgan fingerprint density at radius 3 is 2.18 bits per heavy atom. The van der Waals surface area contributed by atoms with Crippen molar-refractivity contribution in [2.45, 2.75) is 38.9 Å². The Labute approximate surface area is 104 Å². The van der Waals surface area contributed by atoms with E-state index in [4.69, 9.17) is 0 Å². The smallest absolute Gasteiger partial charge is 0.0639 e. The van der Waals surface area contributed by atoms with Crippen molar-refractivity contribution < 1.29 is 10.2 Å². The number of nitrogens with zero attached hydrogens (tertiary/aromatic N) is 1. The van der Waals surface area contributed by atoms with Crippen LogP contribution in [0.15, 0.2) is 12.2 Å². The molecule has 5 atom stereocenters. The first kappa shape index (κ1) is 13.1. The molecule has 1 fully saturated rings. The van der Waals surface area contributed by atoms with Crippen LogP contribution in [0.3, 0.4) is 0 Å². The van der Waals surface area contributed by atoms with Crippen LogP contribution in [0.2, 0.25) is 0 Å². The Morgan fingerprint density at radius 2 is 1.76 bits per heavy atom. The van der Waals surface area contributed by atoms with E-state index in [-0.39, 0.29) is 12.2 Å². The van der Waals surface area contributed by atoms with Gasteiger partial charge in [0, 0.05) is 19.6 Å². The van der Waals surface area contributed by atoms with Crippen LogP contribution in [0.25, 0.3) is 0 Å². The third-order valence-corrected chi connectivity index (χ3v) is 3.95. The maximum Gasteiger partial charge on any atom is 0.0639 e. The summed E-state index contributed by atoms with van der Waals surface area (Å²) < 4.78 is 0. The first-order valence-electron chi connectivity index (χ1n) is 6.81. The van der Waals surface area contributed by atoms with Crippen molar-refractivity contribution in [3.05, 3.63) is 12.2 Å². The van der Waals surface area contributed by atoms with Gasteiger partial charge in [0.2, 0.25) is 0 Å². The van der Waals surface area contributed by atoms with Gasteiger partial charge in [-0.25, -0.2) is 0 Å². The van der Waals surface area contributed by atoms with Crippen LogP contribution in [0, 0.1) is 17.8 Å². The van der Waals surface area contributed by atoms with Crippen LogP contribution in [0.5, 0.6) is 0 Å². The summed E-state index contributed by atoms with van der Waals surface area (Å²) in [4.78, 5) is 2.22. The molecule has 2 N–H and O–H groups in total. The predicted octanol–water partition coefficient (Wildman–Crippen LogP) is 1.26. The summed E-state index contributed by atoms with van der Waals surface area (Å²) in [5.41, 5.74) is 0. The second-order valence-electron chi connectivity index (χ2n) is 5.96. The van der Waals surface area contributed by atoms with E-state index in [0.717, 1.165) is 24.3 Å². The predicted molar refractivity (Wildman–Crippen MR) is 68.6 cm³/mol. The molecule has 3 nitrogen and oxygen atoms in total. The summed E-state index contributed by atoms with van der Waals surface area (Å²) >= 11 is 0. The molecule has 1 saturated carbocycles. The molecule has 0 aromatic carbocycles. The van der Waals surface area contributed by atoms with Crippen LogP contribution in [0.4, 0.5) is 0 Å². The molecule has 0 spiro atoms. The number of rotatable bonds is 6. The maximum absolute atomic E-state index is 9.50. The van der Waals surface area contributed by atoms with E-state index < -0.39 is 0 Å². The first-order chi connectivity index (χ1) is 8.04. The monoisotopic (exact) mass is 239 g/mol. The number of aliphatic hydroxyl groups excluding tert-OH is 2. The SMILES string of the molecule is C[C@@H](O)CN(C[C@@H]1C[C@H]2C=C[C@@H]1C2)C[C@@H](C)O. The number of hydrogen-bond acceptors (Lipinski definition) is 3. The zero-order valence-electron chi connectivity index (χ0n) is 10.9. The Hall–Kier alpha value is -0.380. The minimum atomic E-state index is -0.317. The minimum absolute atomic E-state index is 0.317. The third kappa shape index (κ3) is 3.54. The minimum Gasteiger partial charge on any atom is -0.392 e. The van der Waals surface area contributed by atoms with Crippen molar-refractivity contribution in [1.29, 1.82) is 0 Å². The quantitative estimate of drug-likeness (QED) is 0.686. The fraction of sp³-hybridized carbons (Fsp3) is 0.857. The largest absolute Gasteiger partial charge is 0.392 e. The summed E-state index contributed by atoms with van der Waals surface area (Å²) in [7, 11) is 0. The highest BCUT2D eigenvalue weighted by Crippen LogP contribution is 2.43. The van der Waals surface area contributed by atoms with Gasteiger partial charge < -0.3 is 10.2 Å². The molecule has 0 heterocycles. The Bertz CT molecular complexity index is 265. The molecule has 0 saturated heterocycles. The lowest BCUT2D eigenvalue weighted by Gasteiger charge is -2.30. The van der Waals surface area contributed by atoms with Crippen LogP contribution < -0.4 is 0 Å². The van der Waals surface area contributed by atoms with E-state index in [9.17, 15) is 10.2 Å². The number of hydrogen-bond donors (Lipinski definition) is 2. The molecule has 0 radical (unpaired) electrons. The van der Waals surface area contributed by atoms with Gasteiger partial charge in [0.15, 0.2) is 0 Å². The molecule has 2 rings (SSSR count). The topological polar surface area (TPSA) is 43.7 Å². The normalized spacial score (nSPS) is 34.5. The lowest BCUT2D eigenvalue weighted by molar-refractivity contribution is 0.0710. The first-order valence-corrected chi connectivity index (χ1v) is 6.81. The highest BCUT2D eigenvalue weighted by atomic mass is 16.3. The molecule has 0 unspecified atom stereocenters. The fourth-order valence-electron chi connectivity index (χ4n) is 3.41. The van der Waals surface area contributed by atoms with Crippen molar-refractivity contribution in [2.75, 3.05) is 19.6 Å². The van der Waals surface area contributed by atoms with Gasteiger partial charge in [0.25, 0.3) is 0 Å². The number of aliphatic hydroxyl groups is 2. The number of allylic oxidation sites excluding steroid dienone is 2. The Kier molecular flexibility index (Phi) is 4.23. The second-order valence-corrected chi connectivity index (χ2v) is 5.96. The summed E-state index contributed by atoms with van der Waals surface area (Å²) in [5.74, 6) is 2.26. The van der Waals surface area contributed by atoms with Gasteiger partial charge in [-0.15, -0.1) is 0 Å². The van der Waals surface area contributed by atoms with Gasteiger partial charge >= 0.3 is 0 Å². The van der Waals surface area contributed by atoms with Gasteiger partial charge in [-0.1, -0.05) is 12.2 Å². The van der Waals surface area contributed by atoms with E-state index in [2.05, 4.69) is 17.1 Å². The zero-order valence-corrected chi connectivity index (χ0v) is 10.9. The average molecular weight is 239 g/mol. The second kappa shape index (κ2) is 5.51. The molecule has 0 aromatic heterocycles. The van der Waals surface area contributed by atoms with E-state index in [1.807, 2.05) is 13.8 Å². The van der Waals surface area contributed by atoms with Crippen molar-refractivity contribution in [3.8, 4) is 0 Å². The van der Waals surface area contributed by atoms with Crippen molar-refractivity contribution in [2.24, 2.45) is 17.8 Å². The molecule has 2 aliphatic rings. The Balaban J connectivity index is 1.86. The molecule has 2 aliphatic carbocycles. The van der Waals surface area contributed by atoms with Crippen molar-refractivity contribution in [3.63, 3.8) is 0 Å². The van der Waals surface area contributed by atoms with Crippen LogP contribution in [-0.2, 0) is 0 Å². The van der Waals surface area contributed by atoms with Gasteiger partial charge in [0.05, 0.1) is 12.2 Å². The molecular weight excluding hydrogens is 214 g/mol. The fourth-order valence-corrected chi connectivity index (χ4v) is 3.41. The van der Waals surface area contributed by atoms with E-state index in [0.29, 0.717) is 13.1 Å². The molecule has 0 aliphatic heterocycles. The molecule has 0 aromatic rings. The molecule has 17 heavy (non-hydrogen) atoms. The average Bonchev–Trinajstić information content (AvgIpc) is 2.76. The van der Waals surface area contributed by atoms with Crippen LogP contribution in [-0.4, -0.2) is 47.0 Å². The molecule has 3 heteroatoms. The van der Waals surface area contributed by atoms with E-state index >= 15 is 0 Å². The lowest BCUT2D eigenvalue weighted by atomic mass is 9.93. The van der Waals surface area contributed by atoms with Crippen LogP contribution in [0.1, 0.15) is 26.7 Å². The summed E-state index contributed by atoms with van der Waals surface area (Å²) in [6.45, 7) is 5.98. The molecule has 98 valence electrons.